The van der Waals surface area contributed by atoms with Crippen LogP contribution in [0.1, 0.15) is 30.3 Å². The zero-order valence-corrected chi connectivity index (χ0v) is 20.3. The fourth-order valence-electron chi connectivity index (χ4n) is 3.44. The molecule has 32 heavy (non-hydrogen) atoms. The number of halogens is 1. The monoisotopic (exact) mass is 456 g/mol. The van der Waals surface area contributed by atoms with Gasteiger partial charge < -0.3 is 19.1 Å². The van der Waals surface area contributed by atoms with Crippen molar-refractivity contribution in [1.82, 2.24) is 9.55 Å². The highest BCUT2D eigenvalue weighted by Gasteiger charge is 2.35. The Bertz CT molecular complexity index is 1000. The van der Waals surface area contributed by atoms with Crippen molar-refractivity contribution >= 4 is 8.07 Å². The molecule has 0 fully saturated rings. The summed E-state index contributed by atoms with van der Waals surface area (Å²) in [5.74, 6) is 0.315. The number of aliphatic hydroxyl groups is 1. The summed E-state index contributed by atoms with van der Waals surface area (Å²) in [4.78, 5) is 4.39. The third-order valence-electron chi connectivity index (χ3n) is 5.42. The first kappa shape index (κ1) is 24.2. The van der Waals surface area contributed by atoms with E-state index in [1.807, 2.05) is 37.3 Å². The molecule has 1 heterocycles. The molecule has 0 aliphatic carbocycles. The van der Waals surface area contributed by atoms with Crippen LogP contribution in [-0.4, -0.2) is 29.3 Å². The Kier molecular flexibility index (Phi) is 7.87. The van der Waals surface area contributed by atoms with Gasteiger partial charge in [-0.1, -0.05) is 56.9 Å². The average molecular weight is 457 g/mol. The van der Waals surface area contributed by atoms with E-state index in [4.69, 9.17) is 9.47 Å². The van der Waals surface area contributed by atoms with Gasteiger partial charge in [-0.15, -0.1) is 0 Å². The largest absolute Gasteiger partial charge is 0.489 e. The van der Waals surface area contributed by atoms with Crippen LogP contribution in [-0.2, 0) is 23.7 Å². The first-order valence-electron chi connectivity index (χ1n) is 11.0. The lowest BCUT2D eigenvalue weighted by molar-refractivity contribution is 0.0401. The number of aromatic nitrogens is 2. The Labute approximate surface area is 190 Å². The minimum Gasteiger partial charge on any atom is -0.489 e. The molecule has 3 aromatic rings. The van der Waals surface area contributed by atoms with E-state index in [1.165, 1.54) is 12.1 Å². The van der Waals surface area contributed by atoms with Crippen molar-refractivity contribution in [2.75, 3.05) is 6.61 Å². The summed E-state index contributed by atoms with van der Waals surface area (Å²) >= 11 is 0. The predicted molar refractivity (Wildman–Crippen MR) is 127 cm³/mol. The molecule has 0 aliphatic heterocycles. The lowest BCUT2D eigenvalue weighted by Gasteiger charge is -2.28. The maximum absolute atomic E-state index is 14.5. The van der Waals surface area contributed by atoms with Gasteiger partial charge in [0.15, 0.2) is 0 Å². The van der Waals surface area contributed by atoms with Crippen molar-refractivity contribution in [2.24, 2.45) is 0 Å². The Balaban J connectivity index is 1.79. The molecule has 5 nitrogen and oxygen atoms in total. The summed E-state index contributed by atoms with van der Waals surface area (Å²) in [7, 11) is -1.19. The Morgan fingerprint density at radius 1 is 1.12 bits per heavy atom. The maximum atomic E-state index is 14.5. The first-order valence-corrected chi connectivity index (χ1v) is 14.7. The molecule has 1 unspecified atom stereocenters. The van der Waals surface area contributed by atoms with Crippen molar-refractivity contribution in [3.8, 4) is 5.75 Å². The third kappa shape index (κ3) is 6.28. The van der Waals surface area contributed by atoms with E-state index in [-0.39, 0.29) is 6.73 Å². The minimum absolute atomic E-state index is 0.287. The van der Waals surface area contributed by atoms with E-state index in [9.17, 15) is 9.50 Å². The van der Waals surface area contributed by atoms with Crippen LogP contribution in [0.4, 0.5) is 4.39 Å². The molecule has 7 heteroatoms. The Morgan fingerprint density at radius 2 is 1.88 bits per heavy atom. The summed E-state index contributed by atoms with van der Waals surface area (Å²) in [6.45, 7) is 10.0. The van der Waals surface area contributed by atoms with Gasteiger partial charge in [0.1, 0.15) is 36.3 Å². The van der Waals surface area contributed by atoms with Gasteiger partial charge in [-0.25, -0.2) is 9.37 Å². The highest BCUT2D eigenvalue weighted by Crippen LogP contribution is 2.34. The predicted octanol–water partition coefficient (Wildman–Crippen LogP) is 5.56. The average Bonchev–Trinajstić information content (AvgIpc) is 3.23. The summed E-state index contributed by atoms with van der Waals surface area (Å²) in [5, 5.41) is 11.6. The van der Waals surface area contributed by atoms with Crippen LogP contribution < -0.4 is 4.74 Å². The van der Waals surface area contributed by atoms with E-state index in [1.54, 1.807) is 23.0 Å². The lowest BCUT2D eigenvalue weighted by Crippen LogP contribution is -2.31. The van der Waals surface area contributed by atoms with Crippen molar-refractivity contribution in [1.29, 1.82) is 0 Å². The summed E-state index contributed by atoms with van der Waals surface area (Å²) in [5.41, 5.74) is -0.0915. The lowest BCUT2D eigenvalue weighted by atomic mass is 9.90. The molecule has 172 valence electrons. The number of benzene rings is 2. The Morgan fingerprint density at radius 3 is 2.56 bits per heavy atom. The molecular formula is C25H33FN2O3Si. The highest BCUT2D eigenvalue weighted by atomic mass is 28.3. The maximum Gasteiger partial charge on any atom is 0.147 e. The van der Waals surface area contributed by atoms with Crippen LogP contribution in [0.5, 0.6) is 5.75 Å². The van der Waals surface area contributed by atoms with Crippen LogP contribution >= 0.6 is 0 Å². The molecule has 0 saturated heterocycles. The number of ether oxygens (including phenoxy) is 2. The molecule has 0 amide bonds. The zero-order chi connectivity index (χ0) is 23.2. The van der Waals surface area contributed by atoms with Crippen LogP contribution in [0.25, 0.3) is 0 Å². The van der Waals surface area contributed by atoms with Crippen molar-refractivity contribution < 1.29 is 19.0 Å². The van der Waals surface area contributed by atoms with Crippen LogP contribution in [0.2, 0.25) is 25.7 Å². The van der Waals surface area contributed by atoms with Crippen LogP contribution in [0.15, 0.2) is 60.9 Å². The van der Waals surface area contributed by atoms with Gasteiger partial charge in [0.2, 0.25) is 0 Å². The molecule has 3 rings (SSSR count). The van der Waals surface area contributed by atoms with E-state index in [0.29, 0.717) is 36.8 Å². The standard InChI is InChI=1S/C25H33FN2O3Si/c1-5-25(29,24-27-11-12-28(24)19-30-13-14-32(2,3)4)21-15-22(26)17-23(16-21)31-18-20-9-7-6-8-10-20/h6-12,15-17,29H,5,13-14,18-19H2,1-4H3. The van der Waals surface area contributed by atoms with Crippen molar-refractivity contribution in [3.63, 3.8) is 0 Å². The summed E-state index contributed by atoms with van der Waals surface area (Å²) in [6, 6.07) is 15.1. The van der Waals surface area contributed by atoms with Gasteiger partial charge >= 0.3 is 0 Å². The molecule has 1 aromatic heterocycles. The van der Waals surface area contributed by atoms with E-state index in [2.05, 4.69) is 24.6 Å². The molecule has 0 saturated carbocycles. The zero-order valence-electron chi connectivity index (χ0n) is 19.3. The molecule has 0 spiro atoms. The number of imidazole rings is 1. The van der Waals surface area contributed by atoms with Gasteiger partial charge in [0.05, 0.1) is 0 Å². The number of nitrogens with zero attached hydrogens (tertiary/aromatic N) is 2. The first-order chi connectivity index (χ1) is 15.2. The molecule has 0 radical (unpaired) electrons. The molecular weight excluding hydrogens is 423 g/mol. The normalized spacial score (nSPS) is 13.7. The van der Waals surface area contributed by atoms with Crippen LogP contribution in [0, 0.1) is 5.82 Å². The number of hydrogen-bond acceptors (Lipinski definition) is 4. The van der Waals surface area contributed by atoms with Crippen molar-refractivity contribution in [2.45, 2.75) is 58.0 Å². The fourth-order valence-corrected chi connectivity index (χ4v) is 4.19. The van der Waals surface area contributed by atoms with Gasteiger partial charge in [-0.2, -0.15) is 0 Å². The molecule has 1 atom stereocenters. The minimum atomic E-state index is -1.47. The number of rotatable bonds is 11. The second-order valence-electron chi connectivity index (χ2n) is 9.23. The molecule has 2 aromatic carbocycles. The smallest absolute Gasteiger partial charge is 0.147 e. The second-order valence-corrected chi connectivity index (χ2v) is 14.9. The van der Waals surface area contributed by atoms with Gasteiger partial charge in [0.25, 0.3) is 0 Å². The SMILES string of the molecule is CCC(O)(c1cc(F)cc(OCc2ccccc2)c1)c1nccn1COCC[Si](C)(C)C. The second kappa shape index (κ2) is 10.4. The Hall–Kier alpha value is -2.48. The third-order valence-corrected chi connectivity index (χ3v) is 7.13. The van der Waals surface area contributed by atoms with Crippen LogP contribution in [0.3, 0.4) is 0 Å². The van der Waals surface area contributed by atoms with Crippen molar-refractivity contribution in [3.05, 3.63) is 83.7 Å². The van der Waals surface area contributed by atoms with Gasteiger partial charge in [-0.05, 0) is 35.7 Å². The van der Waals surface area contributed by atoms with E-state index >= 15 is 0 Å². The van der Waals surface area contributed by atoms with E-state index < -0.39 is 19.5 Å². The van der Waals surface area contributed by atoms with Gasteiger partial charge in [-0.3, -0.25) is 0 Å². The molecule has 1 N–H and O–H groups in total. The topological polar surface area (TPSA) is 56.5 Å². The van der Waals surface area contributed by atoms with E-state index in [0.717, 1.165) is 11.6 Å². The van der Waals surface area contributed by atoms with Gasteiger partial charge in [0, 0.05) is 33.1 Å². The summed E-state index contributed by atoms with van der Waals surface area (Å²) in [6.07, 6.45) is 3.72. The summed E-state index contributed by atoms with van der Waals surface area (Å²) < 4.78 is 27.9. The molecule has 0 bridgehead atoms. The number of hydrogen-bond donors (Lipinski definition) is 1. The quantitative estimate of drug-likeness (QED) is 0.303. The fraction of sp³-hybridized carbons (Fsp3) is 0.400. The highest BCUT2D eigenvalue weighted by molar-refractivity contribution is 6.76. The molecule has 0 aliphatic rings.